The number of carbonyl (C=O) groups is 2. The molecule has 2 aromatic carbocycles. The van der Waals surface area contributed by atoms with Crippen LogP contribution < -0.4 is 5.56 Å². The number of aromatic carboxylic acids is 1. The molecule has 5 rings (SSSR count). The number of aliphatic hydroxyl groups is 1. The van der Waals surface area contributed by atoms with E-state index in [-0.39, 0.29) is 23.6 Å². The number of nitrogens with zero attached hydrogens (tertiary/aromatic N) is 5. The van der Waals surface area contributed by atoms with Gasteiger partial charge in [0.1, 0.15) is 11.7 Å². The van der Waals surface area contributed by atoms with Gasteiger partial charge in [0.25, 0.3) is 11.5 Å². The lowest BCUT2D eigenvalue weighted by Crippen LogP contribution is -2.49. The summed E-state index contributed by atoms with van der Waals surface area (Å²) in [5.74, 6) is -1.28. The molecule has 0 atom stereocenters. The first-order valence-corrected chi connectivity index (χ1v) is 11.2. The lowest BCUT2D eigenvalue weighted by molar-refractivity contribution is -0.0299. The maximum absolute atomic E-state index is 13.1. The van der Waals surface area contributed by atoms with Crippen LogP contribution in [0.4, 0.5) is 0 Å². The molecular formula is C25H23N5O5. The van der Waals surface area contributed by atoms with Crippen LogP contribution in [0.15, 0.2) is 71.9 Å². The number of carboxylic acid groups (broad SMARTS) is 1. The van der Waals surface area contributed by atoms with Crippen molar-refractivity contribution in [1.29, 1.82) is 0 Å². The average molecular weight is 473 g/mol. The van der Waals surface area contributed by atoms with Gasteiger partial charge in [0.05, 0.1) is 29.6 Å². The lowest BCUT2D eigenvalue weighted by Gasteiger charge is -2.38. The summed E-state index contributed by atoms with van der Waals surface area (Å²) >= 11 is 0. The molecule has 35 heavy (non-hydrogen) atoms. The van der Waals surface area contributed by atoms with E-state index in [1.54, 1.807) is 9.58 Å². The number of hydrogen-bond acceptors (Lipinski definition) is 6. The summed E-state index contributed by atoms with van der Waals surface area (Å²) in [6.07, 6.45) is 3.49. The molecule has 1 fully saturated rings. The van der Waals surface area contributed by atoms with Crippen LogP contribution in [0.2, 0.25) is 0 Å². The highest BCUT2D eigenvalue weighted by Gasteiger charge is 2.35. The van der Waals surface area contributed by atoms with Crippen molar-refractivity contribution >= 4 is 22.9 Å². The molecule has 3 heterocycles. The average Bonchev–Trinajstić information content (AvgIpc) is 3.31. The summed E-state index contributed by atoms with van der Waals surface area (Å²) in [6, 6.07) is 15.2. The van der Waals surface area contributed by atoms with Crippen LogP contribution in [-0.4, -0.2) is 65.0 Å². The summed E-state index contributed by atoms with van der Waals surface area (Å²) < 4.78 is 2.99. The van der Waals surface area contributed by atoms with Gasteiger partial charge in [-0.05, 0) is 49.2 Å². The minimum atomic E-state index is -1.17. The molecular weight excluding hydrogens is 450 g/mol. The molecule has 10 nitrogen and oxygen atoms in total. The van der Waals surface area contributed by atoms with Gasteiger partial charge in [0, 0.05) is 18.7 Å². The summed E-state index contributed by atoms with van der Waals surface area (Å²) in [6.45, 7) is 0.680. The van der Waals surface area contributed by atoms with Crippen molar-refractivity contribution < 1.29 is 19.8 Å². The highest BCUT2D eigenvalue weighted by Crippen LogP contribution is 2.25. The predicted molar refractivity (Wildman–Crippen MR) is 127 cm³/mol. The Morgan fingerprint density at radius 3 is 2.29 bits per heavy atom. The van der Waals surface area contributed by atoms with Gasteiger partial charge in [0.15, 0.2) is 5.65 Å². The second-order valence-electron chi connectivity index (χ2n) is 8.71. The molecule has 1 aliphatic heterocycles. The van der Waals surface area contributed by atoms with E-state index in [0.717, 1.165) is 5.69 Å². The van der Waals surface area contributed by atoms with E-state index in [0.29, 0.717) is 42.5 Å². The predicted octanol–water partition coefficient (Wildman–Crippen LogP) is 1.95. The van der Waals surface area contributed by atoms with Crippen LogP contribution in [-0.2, 0) is 6.54 Å². The van der Waals surface area contributed by atoms with E-state index in [2.05, 4.69) is 10.1 Å². The molecule has 0 spiro atoms. The Kier molecular flexibility index (Phi) is 5.65. The maximum Gasteiger partial charge on any atom is 0.335 e. The Morgan fingerprint density at radius 1 is 0.971 bits per heavy atom. The van der Waals surface area contributed by atoms with Crippen molar-refractivity contribution in [2.24, 2.45) is 0 Å². The number of benzene rings is 2. The third kappa shape index (κ3) is 4.31. The fourth-order valence-electron chi connectivity index (χ4n) is 4.36. The molecule has 10 heteroatoms. The molecule has 0 bridgehead atoms. The number of amides is 1. The zero-order valence-electron chi connectivity index (χ0n) is 18.7. The molecule has 0 radical (unpaired) electrons. The zero-order chi connectivity index (χ0) is 24.6. The SMILES string of the molecule is O=C(O)c1ccc(C(=O)N2CCC(O)(Cn3cnc4c(cnn4-c4ccccc4)c3=O)CC2)cc1. The third-order valence-electron chi connectivity index (χ3n) is 6.38. The Bertz CT molecular complexity index is 1450. The summed E-state index contributed by atoms with van der Waals surface area (Å²) in [5.41, 5.74) is 0.280. The molecule has 178 valence electrons. The van der Waals surface area contributed by atoms with Crippen molar-refractivity contribution in [2.75, 3.05) is 13.1 Å². The molecule has 2 aromatic heterocycles. The molecule has 0 unspecified atom stereocenters. The fraction of sp³-hybridized carbons (Fsp3) is 0.240. The van der Waals surface area contributed by atoms with Crippen molar-refractivity contribution in [3.63, 3.8) is 0 Å². The van der Waals surface area contributed by atoms with E-state index in [1.807, 2.05) is 30.3 Å². The molecule has 0 aliphatic carbocycles. The van der Waals surface area contributed by atoms with Crippen LogP contribution in [0.3, 0.4) is 0 Å². The van der Waals surface area contributed by atoms with Gasteiger partial charge in [-0.15, -0.1) is 0 Å². The van der Waals surface area contributed by atoms with E-state index in [4.69, 9.17) is 5.11 Å². The number of likely N-dealkylation sites (tertiary alicyclic amines) is 1. The highest BCUT2D eigenvalue weighted by molar-refractivity contribution is 5.96. The van der Waals surface area contributed by atoms with Gasteiger partial charge in [0.2, 0.25) is 0 Å². The van der Waals surface area contributed by atoms with E-state index in [1.165, 1.54) is 41.4 Å². The van der Waals surface area contributed by atoms with Crippen LogP contribution in [0, 0.1) is 0 Å². The topological polar surface area (TPSA) is 131 Å². The molecule has 1 aliphatic rings. The Labute approximate surface area is 199 Å². The largest absolute Gasteiger partial charge is 0.478 e. The van der Waals surface area contributed by atoms with Crippen molar-refractivity contribution in [2.45, 2.75) is 25.0 Å². The number of fused-ring (bicyclic) bond motifs is 1. The lowest BCUT2D eigenvalue weighted by atomic mass is 9.91. The monoisotopic (exact) mass is 473 g/mol. The molecule has 1 amide bonds. The standard InChI is InChI=1S/C25H23N5O5/c31-22(17-6-8-18(9-7-17)24(33)34)28-12-10-25(35,11-13-28)15-29-16-26-21-20(23(29)32)14-27-30(21)19-4-2-1-3-5-19/h1-9,14,16,35H,10-13,15H2,(H,33,34). The smallest absolute Gasteiger partial charge is 0.335 e. The maximum atomic E-state index is 13.1. The zero-order valence-corrected chi connectivity index (χ0v) is 18.7. The van der Waals surface area contributed by atoms with Gasteiger partial charge < -0.3 is 15.1 Å². The minimum absolute atomic E-state index is 0.0562. The number of piperidine rings is 1. The quantitative estimate of drug-likeness (QED) is 0.453. The van der Waals surface area contributed by atoms with Crippen LogP contribution in [0.25, 0.3) is 16.7 Å². The van der Waals surface area contributed by atoms with Crippen LogP contribution in [0.5, 0.6) is 0 Å². The number of carboxylic acids is 1. The summed E-state index contributed by atoms with van der Waals surface area (Å²) in [7, 11) is 0. The summed E-state index contributed by atoms with van der Waals surface area (Å²) in [4.78, 5) is 42.9. The number of hydrogen-bond donors (Lipinski definition) is 2. The minimum Gasteiger partial charge on any atom is -0.478 e. The first-order valence-electron chi connectivity index (χ1n) is 11.2. The van der Waals surface area contributed by atoms with Crippen molar-refractivity contribution in [1.82, 2.24) is 24.2 Å². The second-order valence-corrected chi connectivity index (χ2v) is 8.71. The first kappa shape index (κ1) is 22.5. The van der Waals surface area contributed by atoms with E-state index in [9.17, 15) is 19.5 Å². The Morgan fingerprint density at radius 2 is 1.63 bits per heavy atom. The number of aromatic nitrogens is 4. The fourth-order valence-corrected chi connectivity index (χ4v) is 4.36. The highest BCUT2D eigenvalue weighted by atomic mass is 16.4. The number of rotatable bonds is 5. The Balaban J connectivity index is 1.29. The van der Waals surface area contributed by atoms with Crippen molar-refractivity contribution in [3.05, 3.63) is 88.6 Å². The van der Waals surface area contributed by atoms with Gasteiger partial charge in [-0.2, -0.15) is 5.10 Å². The number of carbonyl (C=O) groups excluding carboxylic acids is 1. The third-order valence-corrected chi connectivity index (χ3v) is 6.38. The Hall–Kier alpha value is -4.31. The van der Waals surface area contributed by atoms with E-state index < -0.39 is 11.6 Å². The molecule has 4 aromatic rings. The van der Waals surface area contributed by atoms with Gasteiger partial charge in [-0.3, -0.25) is 14.2 Å². The molecule has 1 saturated heterocycles. The molecule has 0 saturated carbocycles. The first-order chi connectivity index (χ1) is 16.8. The van der Waals surface area contributed by atoms with Crippen LogP contribution in [0.1, 0.15) is 33.6 Å². The second kappa shape index (κ2) is 8.80. The van der Waals surface area contributed by atoms with Gasteiger partial charge >= 0.3 is 5.97 Å². The normalized spacial score (nSPS) is 15.3. The van der Waals surface area contributed by atoms with Gasteiger partial charge in [-0.25, -0.2) is 14.5 Å². The van der Waals surface area contributed by atoms with E-state index >= 15 is 0 Å². The van der Waals surface area contributed by atoms with Gasteiger partial charge in [-0.1, -0.05) is 18.2 Å². The van der Waals surface area contributed by atoms with Crippen molar-refractivity contribution in [3.8, 4) is 5.69 Å². The summed E-state index contributed by atoms with van der Waals surface area (Å²) in [5, 5.41) is 24.8. The molecule has 2 N–H and O–H groups in total. The number of para-hydroxylation sites is 1. The van der Waals surface area contributed by atoms with Crippen LogP contribution >= 0.6 is 0 Å².